The Bertz CT molecular complexity index is 1000. The van der Waals surface area contributed by atoms with E-state index in [1.54, 1.807) is 17.9 Å². The molecule has 2 heterocycles. The van der Waals surface area contributed by atoms with Gasteiger partial charge in [0.1, 0.15) is 11.4 Å². The van der Waals surface area contributed by atoms with Crippen LogP contribution in [0.3, 0.4) is 0 Å². The van der Waals surface area contributed by atoms with Crippen LogP contribution < -0.4 is 15.6 Å². The van der Waals surface area contributed by atoms with E-state index in [2.05, 4.69) is 26.1 Å². The fourth-order valence-corrected chi connectivity index (χ4v) is 2.82. The van der Waals surface area contributed by atoms with E-state index < -0.39 is 5.91 Å². The highest BCUT2D eigenvalue weighted by Gasteiger charge is 2.15. The number of aromatic nitrogens is 4. The maximum Gasteiger partial charge on any atom is 0.287 e. The van der Waals surface area contributed by atoms with Crippen LogP contribution in [0, 0.1) is 13.8 Å². The number of carbonyl (C=O) groups is 2. The number of hydrazine groups is 1. The maximum absolute atomic E-state index is 12.3. The average Bonchev–Trinajstić information content (AvgIpc) is 3.27. The molecule has 3 N–H and O–H groups in total. The van der Waals surface area contributed by atoms with Gasteiger partial charge >= 0.3 is 0 Å². The molecule has 2 amide bonds. The standard InChI is InChI=1S/C19H22N6O3/c1-11-15(12(2)25(3)24-11)9-18(26)22-23-19(27)17-10-16(20-21-17)13-5-7-14(28-4)8-6-13/h5-8,10H,9H2,1-4H3,(H,20,21)(H,22,26)(H,23,27). The summed E-state index contributed by atoms with van der Waals surface area (Å²) >= 11 is 0. The van der Waals surface area contributed by atoms with Crippen molar-refractivity contribution < 1.29 is 14.3 Å². The van der Waals surface area contributed by atoms with E-state index in [1.807, 2.05) is 45.2 Å². The fourth-order valence-electron chi connectivity index (χ4n) is 2.82. The number of H-pyrrole nitrogens is 1. The number of carbonyl (C=O) groups excluding carboxylic acids is 2. The van der Waals surface area contributed by atoms with Gasteiger partial charge in [0.05, 0.1) is 24.9 Å². The van der Waals surface area contributed by atoms with Crippen LogP contribution in [-0.4, -0.2) is 38.9 Å². The number of aromatic amines is 1. The highest BCUT2D eigenvalue weighted by atomic mass is 16.5. The monoisotopic (exact) mass is 382 g/mol. The smallest absolute Gasteiger partial charge is 0.287 e. The molecular formula is C19H22N6O3. The summed E-state index contributed by atoms with van der Waals surface area (Å²) in [6, 6.07) is 8.92. The summed E-state index contributed by atoms with van der Waals surface area (Å²) in [5, 5.41) is 11.1. The first-order chi connectivity index (χ1) is 13.4. The van der Waals surface area contributed by atoms with Crippen molar-refractivity contribution in [1.82, 2.24) is 30.8 Å². The molecule has 2 aromatic heterocycles. The third-order valence-electron chi connectivity index (χ3n) is 4.52. The van der Waals surface area contributed by atoms with E-state index in [0.717, 1.165) is 28.3 Å². The Morgan fingerprint density at radius 2 is 1.89 bits per heavy atom. The third-order valence-corrected chi connectivity index (χ3v) is 4.52. The predicted octanol–water partition coefficient (Wildman–Crippen LogP) is 1.44. The highest BCUT2D eigenvalue weighted by molar-refractivity contribution is 5.94. The van der Waals surface area contributed by atoms with Crippen LogP contribution in [0.25, 0.3) is 11.3 Å². The molecule has 146 valence electrons. The van der Waals surface area contributed by atoms with Gasteiger partial charge in [0.2, 0.25) is 5.91 Å². The van der Waals surface area contributed by atoms with Crippen molar-refractivity contribution >= 4 is 11.8 Å². The zero-order valence-corrected chi connectivity index (χ0v) is 16.2. The largest absolute Gasteiger partial charge is 0.497 e. The number of methoxy groups -OCH3 is 1. The number of amides is 2. The Hall–Kier alpha value is -3.62. The SMILES string of the molecule is COc1ccc(-c2cc(C(=O)NNC(=O)Cc3c(C)nn(C)c3C)[nH]n2)cc1. The lowest BCUT2D eigenvalue weighted by Crippen LogP contribution is -2.42. The van der Waals surface area contributed by atoms with Gasteiger partial charge in [-0.25, -0.2) is 0 Å². The van der Waals surface area contributed by atoms with E-state index in [4.69, 9.17) is 4.74 Å². The summed E-state index contributed by atoms with van der Waals surface area (Å²) in [5.74, 6) is -0.0817. The quantitative estimate of drug-likeness (QED) is 0.578. The van der Waals surface area contributed by atoms with Gasteiger partial charge < -0.3 is 4.74 Å². The number of ether oxygens (including phenoxy) is 1. The zero-order valence-electron chi connectivity index (χ0n) is 16.2. The molecule has 0 aliphatic heterocycles. The number of nitrogens with one attached hydrogen (secondary N) is 3. The fraction of sp³-hybridized carbons (Fsp3) is 0.263. The van der Waals surface area contributed by atoms with Crippen LogP contribution in [0.1, 0.15) is 27.4 Å². The molecule has 3 aromatic rings. The molecule has 9 heteroatoms. The number of hydrogen-bond acceptors (Lipinski definition) is 5. The van der Waals surface area contributed by atoms with Crippen molar-refractivity contribution in [2.24, 2.45) is 7.05 Å². The van der Waals surface area contributed by atoms with Crippen LogP contribution in [0.4, 0.5) is 0 Å². The molecular weight excluding hydrogens is 360 g/mol. The normalized spacial score (nSPS) is 10.6. The molecule has 28 heavy (non-hydrogen) atoms. The maximum atomic E-state index is 12.3. The molecule has 0 spiro atoms. The van der Waals surface area contributed by atoms with Crippen LogP contribution in [0.5, 0.6) is 5.75 Å². The van der Waals surface area contributed by atoms with E-state index in [1.165, 1.54) is 0 Å². The lowest BCUT2D eigenvalue weighted by molar-refractivity contribution is -0.121. The van der Waals surface area contributed by atoms with Crippen molar-refractivity contribution in [3.8, 4) is 17.0 Å². The van der Waals surface area contributed by atoms with Crippen molar-refractivity contribution in [2.75, 3.05) is 7.11 Å². The molecule has 1 aromatic carbocycles. The van der Waals surface area contributed by atoms with Crippen LogP contribution >= 0.6 is 0 Å². The predicted molar refractivity (Wildman–Crippen MR) is 103 cm³/mol. The van der Waals surface area contributed by atoms with Crippen molar-refractivity contribution in [3.63, 3.8) is 0 Å². The second-order valence-electron chi connectivity index (χ2n) is 6.35. The number of nitrogens with zero attached hydrogens (tertiary/aromatic N) is 3. The summed E-state index contributed by atoms with van der Waals surface area (Å²) in [4.78, 5) is 24.4. The second-order valence-corrected chi connectivity index (χ2v) is 6.35. The number of benzene rings is 1. The Balaban J connectivity index is 1.59. The Labute approximate surface area is 162 Å². The number of aryl methyl sites for hydroxylation is 2. The highest BCUT2D eigenvalue weighted by Crippen LogP contribution is 2.21. The summed E-state index contributed by atoms with van der Waals surface area (Å²) in [7, 11) is 3.42. The molecule has 9 nitrogen and oxygen atoms in total. The topological polar surface area (TPSA) is 114 Å². The summed E-state index contributed by atoms with van der Waals surface area (Å²) in [6.45, 7) is 3.74. The van der Waals surface area contributed by atoms with Gasteiger partial charge in [0, 0.05) is 23.9 Å². The van der Waals surface area contributed by atoms with Crippen molar-refractivity contribution in [2.45, 2.75) is 20.3 Å². The molecule has 0 saturated heterocycles. The van der Waals surface area contributed by atoms with Gasteiger partial charge in [-0.1, -0.05) is 0 Å². The summed E-state index contributed by atoms with van der Waals surface area (Å²) in [5.41, 5.74) is 9.04. The van der Waals surface area contributed by atoms with Crippen LogP contribution in [-0.2, 0) is 18.3 Å². The van der Waals surface area contributed by atoms with E-state index >= 15 is 0 Å². The van der Waals surface area contributed by atoms with Gasteiger partial charge in [0.25, 0.3) is 5.91 Å². The minimum atomic E-state index is -0.486. The Morgan fingerprint density at radius 1 is 1.18 bits per heavy atom. The van der Waals surface area contributed by atoms with Gasteiger partial charge in [0.15, 0.2) is 0 Å². The van der Waals surface area contributed by atoms with Gasteiger partial charge in [-0.3, -0.25) is 30.2 Å². The molecule has 3 rings (SSSR count). The molecule has 0 radical (unpaired) electrons. The minimum Gasteiger partial charge on any atom is -0.497 e. The first-order valence-corrected chi connectivity index (χ1v) is 8.67. The zero-order chi connectivity index (χ0) is 20.3. The summed E-state index contributed by atoms with van der Waals surface area (Å²) in [6.07, 6.45) is 0.131. The van der Waals surface area contributed by atoms with E-state index in [0.29, 0.717) is 5.69 Å². The molecule has 0 atom stereocenters. The van der Waals surface area contributed by atoms with Gasteiger partial charge in [-0.2, -0.15) is 10.2 Å². The lowest BCUT2D eigenvalue weighted by Gasteiger charge is -2.06. The first-order valence-electron chi connectivity index (χ1n) is 8.67. The third kappa shape index (κ3) is 4.03. The summed E-state index contributed by atoms with van der Waals surface area (Å²) < 4.78 is 6.85. The minimum absolute atomic E-state index is 0.131. The molecule has 0 bridgehead atoms. The molecule has 0 saturated carbocycles. The average molecular weight is 382 g/mol. The van der Waals surface area contributed by atoms with Gasteiger partial charge in [-0.05, 0) is 44.2 Å². The molecule has 0 aliphatic rings. The van der Waals surface area contributed by atoms with Crippen molar-refractivity contribution in [1.29, 1.82) is 0 Å². The second kappa shape index (κ2) is 7.95. The van der Waals surface area contributed by atoms with E-state index in [9.17, 15) is 9.59 Å². The number of hydrogen-bond donors (Lipinski definition) is 3. The van der Waals surface area contributed by atoms with Crippen LogP contribution in [0.15, 0.2) is 30.3 Å². The van der Waals surface area contributed by atoms with Gasteiger partial charge in [-0.15, -0.1) is 0 Å². The van der Waals surface area contributed by atoms with E-state index in [-0.39, 0.29) is 18.0 Å². The molecule has 0 fully saturated rings. The Kier molecular flexibility index (Phi) is 5.44. The lowest BCUT2D eigenvalue weighted by atomic mass is 10.1. The van der Waals surface area contributed by atoms with Crippen molar-refractivity contribution in [3.05, 3.63) is 53.0 Å². The number of rotatable bonds is 5. The first kappa shape index (κ1) is 19.2. The van der Waals surface area contributed by atoms with Crippen LogP contribution in [0.2, 0.25) is 0 Å². The molecule has 0 unspecified atom stereocenters. The molecule has 0 aliphatic carbocycles. The Morgan fingerprint density at radius 3 is 2.50 bits per heavy atom.